The molecule has 0 radical (unpaired) electrons. The fourth-order valence-corrected chi connectivity index (χ4v) is 11.1. The molecule has 4 rings (SSSR count). The fraction of sp³-hybridized carbons (Fsp3) is 0.769. The Bertz CT molecular complexity index is 1400. The van der Waals surface area contributed by atoms with Crippen LogP contribution in [-0.4, -0.2) is 108 Å². The van der Waals surface area contributed by atoms with Gasteiger partial charge in [0, 0.05) is 43.9 Å². The maximum Gasteiger partial charge on any atom is 0.309 e. The molecule has 0 spiro atoms. The van der Waals surface area contributed by atoms with Gasteiger partial charge in [0.05, 0.1) is 19.6 Å². The molecule has 2 aliphatic heterocycles. The Morgan fingerprint density at radius 3 is 1.90 bits per heavy atom. The first-order valence-electron chi connectivity index (χ1n) is 25.3. The Kier molecular flexibility index (Phi) is 29.2. The number of piperidine rings is 2. The number of aliphatic hydroxyl groups is 1. The highest BCUT2D eigenvalue weighted by molar-refractivity contribution is 8.76. The third kappa shape index (κ3) is 26.0. The number of carbonyl (C=O) groups is 2. The van der Waals surface area contributed by atoms with Crippen molar-refractivity contribution in [3.63, 3.8) is 0 Å². The van der Waals surface area contributed by atoms with E-state index in [4.69, 9.17) is 14.2 Å². The second-order valence-electron chi connectivity index (χ2n) is 18.5. The van der Waals surface area contributed by atoms with E-state index in [0.29, 0.717) is 50.7 Å². The average Bonchev–Trinajstić information content (AvgIpc) is 3.28. The van der Waals surface area contributed by atoms with Crippen LogP contribution in [0.4, 0.5) is 0 Å². The van der Waals surface area contributed by atoms with E-state index in [9.17, 15) is 19.8 Å². The van der Waals surface area contributed by atoms with Crippen LogP contribution >= 0.6 is 21.6 Å². The highest BCUT2D eigenvalue weighted by Gasteiger charge is 2.23. The number of phenolic OH excluding ortho intramolecular Hbond substituents is 1. The Hall–Kier alpha value is -2.02. The van der Waals surface area contributed by atoms with Crippen molar-refractivity contribution in [1.82, 2.24) is 9.80 Å². The van der Waals surface area contributed by atoms with Crippen LogP contribution in [-0.2, 0) is 30.2 Å². The van der Waals surface area contributed by atoms with Gasteiger partial charge in [-0.15, -0.1) is 0 Å². The Morgan fingerprint density at radius 2 is 1.32 bits per heavy atom. The standard InChI is InChI=1S/C52H86N2O7S2/c1-2-3-4-5-6-7-8-9-10-11-12-13-14-15-16-17-50(56)61-49-24-20-47(21-25-49)43-52(58)60-39-31-45-28-34-54(35-29-45)37-41-63-62-40-36-53-32-26-44(27-33-53)30-38-59-51(57)42-46-18-22-48(55)23-19-46/h9-10,18-20,22-23,44-45,49,51,55,57H,2-8,11-17,21,24-43H2,1H3/b10-9-. The molecule has 1 aliphatic carbocycles. The van der Waals surface area contributed by atoms with Crippen LogP contribution in [0.15, 0.2) is 48.1 Å². The average molecular weight is 915 g/mol. The first-order chi connectivity index (χ1) is 30.9. The summed E-state index contributed by atoms with van der Waals surface area (Å²) in [5, 5.41) is 19.6. The number of likely N-dealkylation sites (tertiary alicyclic amines) is 2. The summed E-state index contributed by atoms with van der Waals surface area (Å²) in [6.07, 6.45) is 32.5. The number of allylic oxidation sites excluding steroid dienone is 2. The number of nitrogens with zero attached hydrogens (tertiary/aromatic N) is 2. The zero-order chi connectivity index (χ0) is 44.6. The molecular weight excluding hydrogens is 829 g/mol. The van der Waals surface area contributed by atoms with Crippen molar-refractivity contribution in [3.05, 3.63) is 53.6 Å². The molecule has 3 aliphatic rings. The highest BCUT2D eigenvalue weighted by atomic mass is 33.1. The van der Waals surface area contributed by atoms with Gasteiger partial charge in [0.1, 0.15) is 11.9 Å². The van der Waals surface area contributed by atoms with Crippen LogP contribution < -0.4 is 0 Å². The first kappa shape index (κ1) is 53.6. The van der Waals surface area contributed by atoms with Crippen molar-refractivity contribution >= 4 is 33.5 Å². The zero-order valence-corrected chi connectivity index (χ0v) is 40.9. The molecule has 0 aromatic heterocycles. The molecule has 9 nitrogen and oxygen atoms in total. The molecule has 63 heavy (non-hydrogen) atoms. The van der Waals surface area contributed by atoms with Gasteiger partial charge in [-0.1, -0.05) is 116 Å². The quantitative estimate of drug-likeness (QED) is 0.0227. The van der Waals surface area contributed by atoms with E-state index < -0.39 is 6.29 Å². The van der Waals surface area contributed by atoms with Crippen LogP contribution in [0.5, 0.6) is 5.75 Å². The maximum absolute atomic E-state index is 12.6. The minimum Gasteiger partial charge on any atom is -0.508 e. The second kappa shape index (κ2) is 34.3. The van der Waals surface area contributed by atoms with Crippen molar-refractivity contribution in [2.45, 2.75) is 180 Å². The topological polar surface area (TPSA) is 109 Å². The number of hydrogen-bond acceptors (Lipinski definition) is 11. The summed E-state index contributed by atoms with van der Waals surface area (Å²) in [4.78, 5) is 30.2. The lowest BCUT2D eigenvalue weighted by molar-refractivity contribution is -0.150. The largest absolute Gasteiger partial charge is 0.508 e. The summed E-state index contributed by atoms with van der Waals surface area (Å²) in [5.74, 6) is 3.65. The van der Waals surface area contributed by atoms with Crippen molar-refractivity contribution in [1.29, 1.82) is 0 Å². The second-order valence-corrected chi connectivity index (χ2v) is 21.2. The highest BCUT2D eigenvalue weighted by Crippen LogP contribution is 2.27. The Labute approximate surface area is 390 Å². The van der Waals surface area contributed by atoms with Gasteiger partial charge in [0.15, 0.2) is 6.29 Å². The van der Waals surface area contributed by atoms with Gasteiger partial charge in [-0.2, -0.15) is 0 Å². The van der Waals surface area contributed by atoms with Crippen molar-refractivity contribution < 1.29 is 34.0 Å². The Balaban J connectivity index is 0.885. The molecule has 2 unspecified atom stereocenters. The number of hydrogen-bond donors (Lipinski definition) is 2. The van der Waals surface area contributed by atoms with Gasteiger partial charge >= 0.3 is 11.9 Å². The molecule has 1 aromatic rings. The molecule has 2 fully saturated rings. The lowest BCUT2D eigenvalue weighted by Gasteiger charge is -2.32. The monoisotopic (exact) mass is 915 g/mol. The number of esters is 2. The lowest BCUT2D eigenvalue weighted by Crippen LogP contribution is -2.36. The first-order valence-corrected chi connectivity index (χ1v) is 27.8. The lowest BCUT2D eigenvalue weighted by atomic mass is 9.94. The minimum absolute atomic E-state index is 0.0610. The van der Waals surface area contributed by atoms with E-state index in [0.717, 1.165) is 100 Å². The van der Waals surface area contributed by atoms with E-state index in [1.165, 1.54) is 96.3 Å². The number of ether oxygens (including phenoxy) is 3. The number of aromatic hydroxyl groups is 1. The normalized spacial score (nSPS) is 18.8. The summed E-state index contributed by atoms with van der Waals surface area (Å²) in [7, 11) is 4.01. The number of rotatable bonds is 34. The van der Waals surface area contributed by atoms with Gasteiger partial charge in [-0.3, -0.25) is 9.59 Å². The summed E-state index contributed by atoms with van der Waals surface area (Å²) in [5.41, 5.74) is 2.08. The van der Waals surface area contributed by atoms with Gasteiger partial charge in [0.2, 0.25) is 0 Å². The molecule has 358 valence electrons. The summed E-state index contributed by atoms with van der Waals surface area (Å²) >= 11 is 0. The molecule has 0 bridgehead atoms. The number of carbonyl (C=O) groups excluding carboxylic acids is 2. The van der Waals surface area contributed by atoms with E-state index in [1.54, 1.807) is 12.1 Å². The molecular formula is C52H86N2O7S2. The predicted octanol–water partition coefficient (Wildman–Crippen LogP) is 11.8. The molecule has 1 aromatic carbocycles. The van der Waals surface area contributed by atoms with Gasteiger partial charge in [0.25, 0.3) is 0 Å². The maximum atomic E-state index is 12.6. The number of benzene rings is 1. The SMILES string of the molecule is CCCCCCCC/C=C\CCCCCCCC(=O)OC1CC=C(CC(=O)OCCC2CCN(CCSSCCN3CCC(CCOC(O)Cc4ccc(O)cc4)CC3)CC2)CC1. The molecule has 11 heteroatoms. The third-order valence-corrected chi connectivity index (χ3v) is 15.6. The molecule has 0 saturated carbocycles. The molecule has 2 N–H and O–H groups in total. The predicted molar refractivity (Wildman–Crippen MR) is 263 cm³/mol. The number of aliphatic hydroxyl groups excluding tert-OH is 1. The summed E-state index contributed by atoms with van der Waals surface area (Å²) in [6, 6.07) is 6.91. The van der Waals surface area contributed by atoms with E-state index in [-0.39, 0.29) is 23.8 Å². The van der Waals surface area contributed by atoms with Gasteiger partial charge in [-0.05, 0) is 139 Å². The van der Waals surface area contributed by atoms with Crippen molar-refractivity contribution in [3.8, 4) is 5.75 Å². The van der Waals surface area contributed by atoms with Crippen LogP contribution in [0.3, 0.4) is 0 Å². The van der Waals surface area contributed by atoms with Crippen LogP contribution in [0.25, 0.3) is 0 Å². The molecule has 0 amide bonds. The molecule has 2 saturated heterocycles. The molecule has 2 atom stereocenters. The van der Waals surface area contributed by atoms with E-state index in [2.05, 4.69) is 35.0 Å². The summed E-state index contributed by atoms with van der Waals surface area (Å²) < 4.78 is 17.1. The fourth-order valence-electron chi connectivity index (χ4n) is 9.00. The molecule has 2 heterocycles. The van der Waals surface area contributed by atoms with Gasteiger partial charge < -0.3 is 34.2 Å². The zero-order valence-electron chi connectivity index (χ0n) is 39.2. The Morgan fingerprint density at radius 1 is 0.746 bits per heavy atom. The van der Waals surface area contributed by atoms with Crippen LogP contribution in [0.1, 0.15) is 167 Å². The van der Waals surface area contributed by atoms with Crippen molar-refractivity contribution in [2.24, 2.45) is 11.8 Å². The van der Waals surface area contributed by atoms with Gasteiger partial charge in [-0.25, -0.2) is 0 Å². The van der Waals surface area contributed by atoms with E-state index >= 15 is 0 Å². The van der Waals surface area contributed by atoms with Crippen LogP contribution in [0.2, 0.25) is 0 Å². The smallest absolute Gasteiger partial charge is 0.309 e. The summed E-state index contributed by atoms with van der Waals surface area (Å²) in [6.45, 7) is 10.2. The van der Waals surface area contributed by atoms with E-state index in [1.807, 2.05) is 33.7 Å². The number of unbranched alkanes of at least 4 members (excludes halogenated alkanes) is 11. The van der Waals surface area contributed by atoms with Crippen molar-refractivity contribution in [2.75, 3.05) is 64.0 Å². The van der Waals surface area contributed by atoms with Crippen LogP contribution in [0, 0.1) is 11.8 Å². The minimum atomic E-state index is -0.801. The number of phenols is 1. The third-order valence-electron chi connectivity index (χ3n) is 13.2.